The molecule has 0 aliphatic carbocycles. The van der Waals surface area contributed by atoms with Gasteiger partial charge in [-0.25, -0.2) is 0 Å². The van der Waals surface area contributed by atoms with Crippen LogP contribution in [0.2, 0.25) is 0 Å². The van der Waals surface area contributed by atoms with Crippen molar-refractivity contribution in [1.29, 1.82) is 0 Å². The van der Waals surface area contributed by atoms with Crippen LogP contribution >= 0.6 is 0 Å². The number of benzene rings is 1. The molecule has 6 nitrogen and oxygen atoms in total. The standard InChI is InChI=1S/C19H19N3O3/c1-12-16(13(2)22(3)21-12)18(23)19(24)20-17(15-10-7-11-25-15)14-8-5-4-6-9-14/h4-11,17H,1-3H3,(H,20,24). The molecule has 25 heavy (non-hydrogen) atoms. The van der Waals surface area contributed by atoms with Gasteiger partial charge in [-0.2, -0.15) is 5.10 Å². The van der Waals surface area contributed by atoms with Gasteiger partial charge in [-0.05, 0) is 31.5 Å². The quantitative estimate of drug-likeness (QED) is 0.574. The summed E-state index contributed by atoms with van der Waals surface area (Å²) in [4.78, 5) is 25.2. The predicted octanol–water partition coefficient (Wildman–Crippen LogP) is 2.72. The Kier molecular flexibility index (Phi) is 4.52. The van der Waals surface area contributed by atoms with E-state index in [1.807, 2.05) is 30.3 Å². The molecule has 0 aliphatic heterocycles. The van der Waals surface area contributed by atoms with Gasteiger partial charge in [-0.3, -0.25) is 14.3 Å². The molecule has 0 spiro atoms. The minimum atomic E-state index is -0.690. The van der Waals surface area contributed by atoms with E-state index in [4.69, 9.17) is 4.42 Å². The molecule has 3 aromatic rings. The number of carbonyl (C=O) groups excluding carboxylic acids is 2. The Bertz CT molecular complexity index is 896. The van der Waals surface area contributed by atoms with E-state index >= 15 is 0 Å². The Morgan fingerprint density at radius 3 is 2.40 bits per heavy atom. The molecule has 6 heteroatoms. The molecular formula is C19H19N3O3. The van der Waals surface area contributed by atoms with Crippen LogP contribution in [0.15, 0.2) is 53.1 Å². The zero-order valence-electron chi connectivity index (χ0n) is 14.3. The number of amides is 1. The van der Waals surface area contributed by atoms with E-state index in [0.717, 1.165) is 5.56 Å². The van der Waals surface area contributed by atoms with Crippen LogP contribution in [0.25, 0.3) is 0 Å². The summed E-state index contributed by atoms with van der Waals surface area (Å²) in [7, 11) is 1.74. The maximum Gasteiger partial charge on any atom is 0.293 e. The van der Waals surface area contributed by atoms with Crippen molar-refractivity contribution < 1.29 is 14.0 Å². The summed E-state index contributed by atoms with van der Waals surface area (Å²) in [5.74, 6) is -0.730. The van der Waals surface area contributed by atoms with Crippen molar-refractivity contribution in [3.8, 4) is 0 Å². The number of Topliss-reactive ketones (excluding diaryl/α,β-unsaturated/α-hetero) is 1. The molecule has 1 amide bonds. The normalized spacial score (nSPS) is 12.0. The van der Waals surface area contributed by atoms with Crippen LogP contribution in [-0.2, 0) is 11.8 Å². The van der Waals surface area contributed by atoms with Gasteiger partial charge in [0.1, 0.15) is 11.8 Å². The van der Waals surface area contributed by atoms with E-state index in [1.54, 1.807) is 37.7 Å². The number of hydrogen-bond donors (Lipinski definition) is 1. The molecule has 1 N–H and O–H groups in total. The molecule has 0 radical (unpaired) electrons. The zero-order chi connectivity index (χ0) is 18.0. The van der Waals surface area contributed by atoms with Crippen molar-refractivity contribution in [3.05, 3.63) is 77.0 Å². The number of hydrogen-bond acceptors (Lipinski definition) is 4. The molecule has 1 aromatic carbocycles. The average Bonchev–Trinajstić information content (AvgIpc) is 3.22. The van der Waals surface area contributed by atoms with Crippen molar-refractivity contribution in [2.45, 2.75) is 19.9 Å². The molecule has 0 bridgehead atoms. The summed E-state index contributed by atoms with van der Waals surface area (Å²) in [6, 6.07) is 12.3. The lowest BCUT2D eigenvalue weighted by Gasteiger charge is -2.16. The molecule has 0 aliphatic rings. The zero-order valence-corrected chi connectivity index (χ0v) is 14.3. The third-order valence-electron chi connectivity index (χ3n) is 4.18. The first-order valence-corrected chi connectivity index (χ1v) is 7.92. The Morgan fingerprint density at radius 1 is 1.12 bits per heavy atom. The highest BCUT2D eigenvalue weighted by Gasteiger charge is 2.27. The summed E-state index contributed by atoms with van der Waals surface area (Å²) >= 11 is 0. The summed E-state index contributed by atoms with van der Waals surface area (Å²) in [5, 5.41) is 6.98. The smallest absolute Gasteiger partial charge is 0.293 e. The van der Waals surface area contributed by atoms with E-state index in [9.17, 15) is 9.59 Å². The molecular weight excluding hydrogens is 318 g/mol. The third-order valence-corrected chi connectivity index (χ3v) is 4.18. The van der Waals surface area contributed by atoms with Crippen LogP contribution in [-0.4, -0.2) is 21.5 Å². The van der Waals surface area contributed by atoms with Gasteiger partial charge in [0, 0.05) is 12.7 Å². The molecule has 0 fully saturated rings. The second-order valence-corrected chi connectivity index (χ2v) is 5.83. The van der Waals surface area contributed by atoms with Gasteiger partial charge >= 0.3 is 0 Å². The first kappa shape index (κ1) is 16.7. The van der Waals surface area contributed by atoms with Gasteiger partial charge < -0.3 is 9.73 Å². The molecule has 0 saturated heterocycles. The van der Waals surface area contributed by atoms with Crippen LogP contribution in [0, 0.1) is 13.8 Å². The number of aromatic nitrogens is 2. The van der Waals surface area contributed by atoms with Gasteiger partial charge in [-0.1, -0.05) is 30.3 Å². The molecule has 1 atom stereocenters. The highest BCUT2D eigenvalue weighted by Crippen LogP contribution is 2.23. The van der Waals surface area contributed by atoms with Gasteiger partial charge in [-0.15, -0.1) is 0 Å². The number of rotatable bonds is 5. The summed E-state index contributed by atoms with van der Waals surface area (Å²) in [6.45, 7) is 3.48. The lowest BCUT2D eigenvalue weighted by Crippen LogP contribution is -2.35. The Balaban J connectivity index is 1.90. The Morgan fingerprint density at radius 2 is 1.84 bits per heavy atom. The summed E-state index contributed by atoms with van der Waals surface area (Å²) in [6.07, 6.45) is 1.54. The van der Waals surface area contributed by atoms with Gasteiger partial charge in [0.25, 0.3) is 11.7 Å². The maximum atomic E-state index is 12.6. The summed E-state index contributed by atoms with van der Waals surface area (Å²) < 4.78 is 7.04. The Hall–Kier alpha value is -3.15. The topological polar surface area (TPSA) is 77.1 Å². The van der Waals surface area contributed by atoms with E-state index in [0.29, 0.717) is 22.7 Å². The van der Waals surface area contributed by atoms with Crippen LogP contribution in [0.5, 0.6) is 0 Å². The van der Waals surface area contributed by atoms with Crippen molar-refractivity contribution in [2.75, 3.05) is 0 Å². The second-order valence-electron chi connectivity index (χ2n) is 5.83. The number of aryl methyl sites for hydroxylation is 2. The lowest BCUT2D eigenvalue weighted by molar-refractivity contribution is -0.117. The molecule has 1 unspecified atom stereocenters. The monoisotopic (exact) mass is 337 g/mol. The van der Waals surface area contributed by atoms with Gasteiger partial charge in [0.15, 0.2) is 0 Å². The highest BCUT2D eigenvalue weighted by molar-refractivity contribution is 6.43. The van der Waals surface area contributed by atoms with E-state index in [1.165, 1.54) is 6.26 Å². The maximum absolute atomic E-state index is 12.6. The molecule has 2 aromatic heterocycles. The third kappa shape index (κ3) is 3.24. The second kappa shape index (κ2) is 6.76. The van der Waals surface area contributed by atoms with Crippen LogP contribution in [0.3, 0.4) is 0 Å². The fourth-order valence-electron chi connectivity index (χ4n) is 2.83. The number of nitrogens with zero attached hydrogens (tertiary/aromatic N) is 2. The minimum Gasteiger partial charge on any atom is -0.467 e. The van der Waals surface area contributed by atoms with Crippen LogP contribution in [0.4, 0.5) is 0 Å². The summed E-state index contributed by atoms with van der Waals surface area (Å²) in [5.41, 5.74) is 2.37. The van der Waals surface area contributed by atoms with E-state index in [-0.39, 0.29) is 0 Å². The van der Waals surface area contributed by atoms with Gasteiger partial charge in [0.05, 0.1) is 17.5 Å². The SMILES string of the molecule is Cc1nn(C)c(C)c1C(=O)C(=O)NC(c1ccccc1)c1ccco1. The minimum absolute atomic E-state index is 0.339. The number of ketones is 1. The van der Waals surface area contributed by atoms with Gasteiger partial charge in [0.2, 0.25) is 0 Å². The molecule has 2 heterocycles. The molecule has 128 valence electrons. The lowest BCUT2D eigenvalue weighted by atomic mass is 10.0. The highest BCUT2D eigenvalue weighted by atomic mass is 16.3. The molecule has 3 rings (SSSR count). The molecule has 0 saturated carbocycles. The average molecular weight is 337 g/mol. The van der Waals surface area contributed by atoms with Crippen LogP contribution in [0.1, 0.15) is 39.1 Å². The number of nitrogens with one attached hydrogen (secondary N) is 1. The van der Waals surface area contributed by atoms with E-state index < -0.39 is 17.7 Å². The van der Waals surface area contributed by atoms with Crippen molar-refractivity contribution in [2.24, 2.45) is 7.05 Å². The fraction of sp³-hybridized carbons (Fsp3) is 0.211. The Labute approximate surface area is 145 Å². The predicted molar refractivity (Wildman–Crippen MR) is 92.1 cm³/mol. The first-order valence-electron chi connectivity index (χ1n) is 7.92. The van der Waals surface area contributed by atoms with Crippen molar-refractivity contribution >= 4 is 11.7 Å². The van der Waals surface area contributed by atoms with E-state index in [2.05, 4.69) is 10.4 Å². The van der Waals surface area contributed by atoms with Crippen molar-refractivity contribution in [1.82, 2.24) is 15.1 Å². The first-order chi connectivity index (χ1) is 12.0. The fourth-order valence-corrected chi connectivity index (χ4v) is 2.83. The van der Waals surface area contributed by atoms with Crippen molar-refractivity contribution in [3.63, 3.8) is 0 Å². The van der Waals surface area contributed by atoms with Crippen LogP contribution < -0.4 is 5.32 Å². The number of carbonyl (C=O) groups is 2. The largest absolute Gasteiger partial charge is 0.467 e. The number of furan rings is 1.